The monoisotopic (exact) mass is 413 g/mol. The minimum absolute atomic E-state index is 0.0515. The lowest BCUT2D eigenvalue weighted by Gasteiger charge is -2.23. The van der Waals surface area contributed by atoms with Gasteiger partial charge in [-0.15, -0.1) is 5.10 Å². The van der Waals surface area contributed by atoms with Crippen molar-refractivity contribution in [1.82, 2.24) is 15.2 Å². The normalized spacial score (nSPS) is 15.3. The molecule has 2 aromatic heterocycles. The van der Waals surface area contributed by atoms with Crippen LogP contribution in [-0.2, 0) is 0 Å². The first-order valence-electron chi connectivity index (χ1n) is 9.60. The van der Waals surface area contributed by atoms with E-state index in [9.17, 15) is 5.26 Å². The molecule has 31 heavy (non-hydrogen) atoms. The number of fused-ring (bicyclic) bond motifs is 2. The highest BCUT2D eigenvalue weighted by atomic mass is 16.5. The second kappa shape index (κ2) is 7.15. The van der Waals surface area contributed by atoms with Gasteiger partial charge in [-0.05, 0) is 29.8 Å². The van der Waals surface area contributed by atoms with E-state index in [-0.39, 0.29) is 5.88 Å². The van der Waals surface area contributed by atoms with E-state index in [2.05, 4.69) is 21.3 Å². The van der Waals surface area contributed by atoms with Crippen LogP contribution in [0.3, 0.4) is 0 Å². The number of aromatic amines is 2. The molecule has 2 aromatic carbocycles. The van der Waals surface area contributed by atoms with E-state index in [1.807, 2.05) is 48.7 Å². The van der Waals surface area contributed by atoms with Gasteiger partial charge in [-0.1, -0.05) is 18.2 Å². The summed E-state index contributed by atoms with van der Waals surface area (Å²) in [4.78, 5) is 3.28. The summed E-state index contributed by atoms with van der Waals surface area (Å²) >= 11 is 0. The zero-order valence-electron chi connectivity index (χ0n) is 16.9. The largest absolute Gasteiger partial charge is 0.493 e. The second-order valence-corrected chi connectivity index (χ2v) is 7.10. The molecule has 0 saturated heterocycles. The lowest BCUT2D eigenvalue weighted by atomic mass is 9.83. The van der Waals surface area contributed by atoms with Gasteiger partial charge in [0.05, 0.1) is 31.4 Å². The van der Waals surface area contributed by atoms with E-state index in [4.69, 9.17) is 19.9 Å². The smallest absolute Gasteiger partial charge is 0.244 e. The van der Waals surface area contributed by atoms with E-state index in [0.717, 1.165) is 27.6 Å². The van der Waals surface area contributed by atoms with Crippen molar-refractivity contribution in [3.8, 4) is 34.7 Å². The minimum Gasteiger partial charge on any atom is -0.493 e. The van der Waals surface area contributed by atoms with Crippen molar-refractivity contribution >= 4 is 10.9 Å². The zero-order valence-corrected chi connectivity index (χ0v) is 16.9. The Morgan fingerprint density at radius 1 is 1.13 bits per heavy atom. The predicted molar refractivity (Wildman–Crippen MR) is 115 cm³/mol. The molecule has 154 valence electrons. The Morgan fingerprint density at radius 2 is 1.94 bits per heavy atom. The number of allylic oxidation sites excluding steroid dienone is 1. The summed E-state index contributed by atoms with van der Waals surface area (Å²) in [6.07, 6.45) is 1.90. The molecule has 0 spiro atoms. The van der Waals surface area contributed by atoms with Crippen LogP contribution in [0.2, 0.25) is 0 Å². The van der Waals surface area contributed by atoms with Crippen LogP contribution in [0.15, 0.2) is 60.1 Å². The molecule has 1 aliphatic rings. The third-order valence-electron chi connectivity index (χ3n) is 5.54. The molecule has 0 bridgehead atoms. The molecule has 0 radical (unpaired) electrons. The van der Waals surface area contributed by atoms with Gasteiger partial charge in [-0.3, -0.25) is 5.10 Å². The van der Waals surface area contributed by atoms with Gasteiger partial charge in [0.2, 0.25) is 11.8 Å². The topological polar surface area (TPSA) is 122 Å². The van der Waals surface area contributed by atoms with Gasteiger partial charge >= 0.3 is 0 Å². The number of nitrogens with two attached hydrogens (primary N) is 1. The molecule has 0 saturated carbocycles. The number of benzene rings is 2. The van der Waals surface area contributed by atoms with Gasteiger partial charge < -0.3 is 24.9 Å². The first-order chi connectivity index (χ1) is 15.2. The number of methoxy groups -OCH3 is 2. The van der Waals surface area contributed by atoms with Gasteiger partial charge in [0.25, 0.3) is 0 Å². The third-order valence-corrected chi connectivity index (χ3v) is 5.54. The predicted octanol–water partition coefficient (Wildman–Crippen LogP) is 3.79. The third kappa shape index (κ3) is 2.79. The summed E-state index contributed by atoms with van der Waals surface area (Å²) in [5.74, 6) is 1.14. The van der Waals surface area contributed by atoms with Crippen LogP contribution in [-0.4, -0.2) is 29.4 Å². The first kappa shape index (κ1) is 18.6. The van der Waals surface area contributed by atoms with E-state index in [0.29, 0.717) is 28.6 Å². The summed E-state index contributed by atoms with van der Waals surface area (Å²) in [6, 6.07) is 15.7. The average molecular weight is 413 g/mol. The van der Waals surface area contributed by atoms with Crippen LogP contribution in [0.25, 0.3) is 22.2 Å². The Balaban J connectivity index is 1.75. The Bertz CT molecular complexity index is 1380. The molecule has 1 unspecified atom stereocenters. The fourth-order valence-electron chi connectivity index (χ4n) is 4.10. The molecule has 8 heteroatoms. The van der Waals surface area contributed by atoms with Gasteiger partial charge in [-0.2, -0.15) is 5.26 Å². The molecular weight excluding hydrogens is 394 g/mol. The number of H-pyrrole nitrogens is 2. The molecular formula is C23H19N5O3. The molecule has 4 aromatic rings. The molecule has 4 N–H and O–H groups in total. The van der Waals surface area contributed by atoms with Gasteiger partial charge in [0, 0.05) is 22.7 Å². The van der Waals surface area contributed by atoms with Gasteiger partial charge in [0.15, 0.2) is 11.5 Å². The SMILES string of the molecule is COc1ccc(-c2[nH]nc3c2C(c2c[nH]c4ccccc24)C(C#N)=C(N)O3)cc1OC. The molecule has 1 atom stereocenters. The molecule has 1 aliphatic heterocycles. The summed E-state index contributed by atoms with van der Waals surface area (Å²) in [7, 11) is 3.17. The van der Waals surface area contributed by atoms with Crippen LogP contribution in [0.1, 0.15) is 17.0 Å². The van der Waals surface area contributed by atoms with Crippen molar-refractivity contribution in [3.63, 3.8) is 0 Å². The molecule has 0 amide bonds. The van der Waals surface area contributed by atoms with Crippen LogP contribution >= 0.6 is 0 Å². The lowest BCUT2D eigenvalue weighted by molar-refractivity contribution is 0.355. The van der Waals surface area contributed by atoms with Crippen LogP contribution in [0.5, 0.6) is 17.4 Å². The number of nitrogens with one attached hydrogen (secondary N) is 2. The summed E-state index contributed by atoms with van der Waals surface area (Å²) in [6.45, 7) is 0. The highest BCUT2D eigenvalue weighted by Gasteiger charge is 2.37. The summed E-state index contributed by atoms with van der Waals surface area (Å²) in [5, 5.41) is 18.3. The van der Waals surface area contributed by atoms with Crippen molar-refractivity contribution in [2.45, 2.75) is 5.92 Å². The number of aromatic nitrogens is 3. The fraction of sp³-hybridized carbons (Fsp3) is 0.130. The van der Waals surface area contributed by atoms with Crippen molar-refractivity contribution in [1.29, 1.82) is 5.26 Å². The van der Waals surface area contributed by atoms with Crippen molar-refractivity contribution in [2.75, 3.05) is 14.2 Å². The van der Waals surface area contributed by atoms with E-state index in [1.54, 1.807) is 14.2 Å². The van der Waals surface area contributed by atoms with Crippen molar-refractivity contribution < 1.29 is 14.2 Å². The average Bonchev–Trinajstić information content (AvgIpc) is 3.42. The molecule has 0 fully saturated rings. The number of para-hydroxylation sites is 1. The standard InChI is InChI=1S/C23H19N5O3/c1-29-17-8-7-12(9-18(17)30-2)21-20-19(14(10-24)22(25)31-23(20)28-27-21)15-11-26-16-6-4-3-5-13(15)16/h3-9,11,19,26H,25H2,1-2H3,(H,27,28). The first-order valence-corrected chi connectivity index (χ1v) is 9.60. The molecule has 3 heterocycles. The maximum Gasteiger partial charge on any atom is 0.244 e. The number of nitriles is 1. The van der Waals surface area contributed by atoms with Gasteiger partial charge in [0.1, 0.15) is 11.6 Å². The lowest BCUT2D eigenvalue weighted by Crippen LogP contribution is -2.20. The Kier molecular flexibility index (Phi) is 4.30. The van der Waals surface area contributed by atoms with E-state index < -0.39 is 5.92 Å². The molecule has 5 rings (SSSR count). The Morgan fingerprint density at radius 3 is 2.71 bits per heavy atom. The number of hydrogen-bond donors (Lipinski definition) is 3. The number of hydrogen-bond acceptors (Lipinski definition) is 6. The van der Waals surface area contributed by atoms with E-state index in [1.165, 1.54) is 0 Å². The highest BCUT2D eigenvalue weighted by Crippen LogP contribution is 2.47. The van der Waals surface area contributed by atoms with Crippen molar-refractivity contribution in [3.05, 3.63) is 71.2 Å². The number of ether oxygens (including phenoxy) is 3. The van der Waals surface area contributed by atoms with E-state index >= 15 is 0 Å². The van der Waals surface area contributed by atoms with Crippen molar-refractivity contribution in [2.24, 2.45) is 5.73 Å². The maximum atomic E-state index is 9.93. The number of rotatable bonds is 4. The van der Waals surface area contributed by atoms with Gasteiger partial charge in [-0.25, -0.2) is 0 Å². The minimum atomic E-state index is -0.452. The zero-order chi connectivity index (χ0) is 21.5. The van der Waals surface area contributed by atoms with Crippen LogP contribution < -0.4 is 19.9 Å². The Hall–Kier alpha value is -4.38. The highest BCUT2D eigenvalue weighted by molar-refractivity contribution is 5.86. The van der Waals surface area contributed by atoms with Crippen LogP contribution in [0, 0.1) is 11.3 Å². The number of nitrogens with zero attached hydrogens (tertiary/aromatic N) is 2. The molecule has 8 nitrogen and oxygen atoms in total. The second-order valence-electron chi connectivity index (χ2n) is 7.10. The summed E-state index contributed by atoms with van der Waals surface area (Å²) in [5.41, 5.74) is 10.6. The Labute approximate surface area is 177 Å². The molecule has 0 aliphatic carbocycles. The van der Waals surface area contributed by atoms with Crippen LogP contribution in [0.4, 0.5) is 0 Å². The quantitative estimate of drug-likeness (QED) is 0.468. The summed E-state index contributed by atoms with van der Waals surface area (Å²) < 4.78 is 16.5. The maximum absolute atomic E-state index is 9.93. The fourth-order valence-corrected chi connectivity index (χ4v) is 4.10.